The summed E-state index contributed by atoms with van der Waals surface area (Å²) in [6.45, 7) is 7.25. The molecular formula is C15H24N4O5. The van der Waals surface area contributed by atoms with Gasteiger partial charge in [-0.05, 0) is 26.2 Å². The highest BCUT2D eigenvalue weighted by Gasteiger charge is 2.22. The highest BCUT2D eigenvalue weighted by Crippen LogP contribution is 2.21. The largest absolute Gasteiger partial charge is 0.481 e. The van der Waals surface area contributed by atoms with E-state index < -0.39 is 16.8 Å². The lowest BCUT2D eigenvalue weighted by Crippen LogP contribution is -2.34. The number of nitrogens with zero attached hydrogens (tertiary/aromatic N) is 3. The molecule has 0 aliphatic heterocycles. The normalized spacial score (nSPS) is 12.2. The molecule has 9 heteroatoms. The molecule has 0 aliphatic carbocycles. The highest BCUT2D eigenvalue weighted by atomic mass is 16.6. The number of amides is 1. The standard InChI is InChI=1S/C15H24N4O5/c1-9(2)7-12(15(21)22)8-16-13(20)5-6-18-11(4)14(19(23)24)10(3)17-18/h9,12H,5-8H2,1-4H3,(H,16,20)(H,21,22). The van der Waals surface area contributed by atoms with Crippen molar-refractivity contribution in [3.05, 3.63) is 21.5 Å². The summed E-state index contributed by atoms with van der Waals surface area (Å²) in [5.74, 6) is -1.64. The van der Waals surface area contributed by atoms with Crippen LogP contribution in [-0.4, -0.2) is 38.2 Å². The molecule has 9 nitrogen and oxygen atoms in total. The van der Waals surface area contributed by atoms with E-state index in [0.717, 1.165) is 0 Å². The Kier molecular flexibility index (Phi) is 6.87. The summed E-state index contributed by atoms with van der Waals surface area (Å²) in [5.41, 5.74) is 0.660. The van der Waals surface area contributed by atoms with Crippen LogP contribution in [0.4, 0.5) is 5.69 Å². The third-order valence-corrected chi connectivity index (χ3v) is 3.73. The Morgan fingerprint density at radius 3 is 2.46 bits per heavy atom. The maximum absolute atomic E-state index is 11.9. The number of hydrogen-bond donors (Lipinski definition) is 2. The Bertz CT molecular complexity index is 624. The monoisotopic (exact) mass is 340 g/mol. The predicted octanol–water partition coefficient (Wildman–Crippen LogP) is 1.66. The van der Waals surface area contributed by atoms with Crippen LogP contribution in [0.25, 0.3) is 0 Å². The van der Waals surface area contributed by atoms with Crippen molar-refractivity contribution in [1.82, 2.24) is 15.1 Å². The molecule has 1 rings (SSSR count). The Morgan fingerprint density at radius 1 is 1.38 bits per heavy atom. The highest BCUT2D eigenvalue weighted by molar-refractivity contribution is 5.77. The number of aromatic nitrogens is 2. The Morgan fingerprint density at radius 2 is 2.00 bits per heavy atom. The molecule has 0 radical (unpaired) electrons. The van der Waals surface area contributed by atoms with Crippen molar-refractivity contribution < 1.29 is 19.6 Å². The minimum Gasteiger partial charge on any atom is -0.481 e. The van der Waals surface area contributed by atoms with Gasteiger partial charge in [0.2, 0.25) is 5.91 Å². The zero-order valence-electron chi connectivity index (χ0n) is 14.4. The third-order valence-electron chi connectivity index (χ3n) is 3.73. The molecule has 0 spiro atoms. The van der Waals surface area contributed by atoms with Crippen molar-refractivity contribution in [2.45, 2.75) is 47.1 Å². The Labute approximate surface area is 140 Å². The van der Waals surface area contributed by atoms with Crippen molar-refractivity contribution in [2.75, 3.05) is 6.54 Å². The second kappa shape index (κ2) is 8.42. The lowest BCUT2D eigenvalue weighted by Gasteiger charge is -2.15. The summed E-state index contributed by atoms with van der Waals surface area (Å²) in [7, 11) is 0. The van der Waals surface area contributed by atoms with Crippen LogP contribution in [0, 0.1) is 35.8 Å². The first kappa shape index (κ1) is 19.6. The molecular weight excluding hydrogens is 316 g/mol. The third kappa shape index (κ3) is 5.32. The number of carbonyl (C=O) groups is 2. The van der Waals surface area contributed by atoms with Gasteiger partial charge in [-0.2, -0.15) is 5.10 Å². The summed E-state index contributed by atoms with van der Waals surface area (Å²) < 4.78 is 1.43. The van der Waals surface area contributed by atoms with Crippen LogP contribution in [0.2, 0.25) is 0 Å². The maximum atomic E-state index is 11.9. The first-order valence-electron chi connectivity index (χ1n) is 7.81. The summed E-state index contributed by atoms with van der Waals surface area (Å²) in [6, 6.07) is 0. The van der Waals surface area contributed by atoms with Gasteiger partial charge >= 0.3 is 11.7 Å². The van der Waals surface area contributed by atoms with Gasteiger partial charge in [0.15, 0.2) is 0 Å². The van der Waals surface area contributed by atoms with Crippen molar-refractivity contribution in [1.29, 1.82) is 0 Å². The van der Waals surface area contributed by atoms with E-state index in [1.165, 1.54) is 4.68 Å². The molecule has 0 aliphatic rings. The van der Waals surface area contributed by atoms with Gasteiger partial charge in [0.1, 0.15) is 11.4 Å². The number of aliphatic carboxylic acids is 1. The molecule has 134 valence electrons. The molecule has 2 N–H and O–H groups in total. The van der Waals surface area contributed by atoms with Gasteiger partial charge < -0.3 is 10.4 Å². The molecule has 1 heterocycles. The fraction of sp³-hybridized carbons (Fsp3) is 0.667. The number of carbonyl (C=O) groups excluding carboxylic acids is 1. The zero-order valence-corrected chi connectivity index (χ0v) is 14.4. The van der Waals surface area contributed by atoms with E-state index in [9.17, 15) is 19.7 Å². The van der Waals surface area contributed by atoms with Crippen LogP contribution in [0.5, 0.6) is 0 Å². The first-order valence-corrected chi connectivity index (χ1v) is 7.81. The summed E-state index contributed by atoms with van der Waals surface area (Å²) in [6.07, 6.45) is 0.562. The summed E-state index contributed by atoms with van der Waals surface area (Å²) >= 11 is 0. The van der Waals surface area contributed by atoms with E-state index in [1.54, 1.807) is 13.8 Å². The number of aryl methyl sites for hydroxylation is 2. The molecule has 24 heavy (non-hydrogen) atoms. The minimum atomic E-state index is -0.932. The van der Waals surface area contributed by atoms with Gasteiger partial charge in [0, 0.05) is 13.0 Å². The van der Waals surface area contributed by atoms with Gasteiger partial charge in [-0.25, -0.2) is 0 Å². The molecule has 0 aromatic carbocycles. The van der Waals surface area contributed by atoms with Gasteiger partial charge in [0.25, 0.3) is 0 Å². The molecule has 1 aromatic heterocycles. The topological polar surface area (TPSA) is 127 Å². The quantitative estimate of drug-likeness (QED) is 0.520. The average Bonchev–Trinajstić information content (AvgIpc) is 2.74. The average molecular weight is 340 g/mol. The molecule has 0 bridgehead atoms. The molecule has 1 amide bonds. The smallest absolute Gasteiger partial charge is 0.312 e. The molecule has 1 aromatic rings. The van der Waals surface area contributed by atoms with Gasteiger partial charge in [0.05, 0.1) is 17.4 Å². The van der Waals surface area contributed by atoms with E-state index in [2.05, 4.69) is 10.4 Å². The van der Waals surface area contributed by atoms with E-state index >= 15 is 0 Å². The van der Waals surface area contributed by atoms with Gasteiger partial charge in [-0.1, -0.05) is 13.8 Å². The lowest BCUT2D eigenvalue weighted by atomic mass is 9.97. The van der Waals surface area contributed by atoms with Crippen LogP contribution in [0.3, 0.4) is 0 Å². The fourth-order valence-corrected chi connectivity index (χ4v) is 2.54. The molecule has 0 fully saturated rings. The van der Waals surface area contributed by atoms with Crippen LogP contribution in [-0.2, 0) is 16.1 Å². The molecule has 0 saturated heterocycles. The number of hydrogen-bond acceptors (Lipinski definition) is 5. The molecule has 1 unspecified atom stereocenters. The summed E-state index contributed by atoms with van der Waals surface area (Å²) in [5, 5.41) is 26.8. The lowest BCUT2D eigenvalue weighted by molar-refractivity contribution is -0.386. The number of nitro groups is 1. The van der Waals surface area contributed by atoms with Crippen molar-refractivity contribution in [3.63, 3.8) is 0 Å². The zero-order chi connectivity index (χ0) is 18.4. The van der Waals surface area contributed by atoms with E-state index in [-0.39, 0.29) is 37.0 Å². The van der Waals surface area contributed by atoms with Crippen molar-refractivity contribution in [3.8, 4) is 0 Å². The van der Waals surface area contributed by atoms with Crippen molar-refractivity contribution in [2.24, 2.45) is 11.8 Å². The Hall–Kier alpha value is -2.45. The predicted molar refractivity (Wildman–Crippen MR) is 86.6 cm³/mol. The maximum Gasteiger partial charge on any atom is 0.312 e. The minimum absolute atomic E-state index is 0.0433. The van der Waals surface area contributed by atoms with E-state index in [1.807, 2.05) is 13.8 Å². The second-order valence-electron chi connectivity index (χ2n) is 6.22. The first-order chi connectivity index (χ1) is 11.1. The van der Waals surface area contributed by atoms with Gasteiger partial charge in [-0.3, -0.25) is 24.4 Å². The summed E-state index contributed by atoms with van der Waals surface area (Å²) in [4.78, 5) is 33.5. The van der Waals surface area contributed by atoms with Crippen LogP contribution in [0.15, 0.2) is 0 Å². The van der Waals surface area contributed by atoms with Gasteiger partial charge in [-0.15, -0.1) is 0 Å². The van der Waals surface area contributed by atoms with Crippen LogP contribution < -0.4 is 5.32 Å². The second-order valence-corrected chi connectivity index (χ2v) is 6.22. The SMILES string of the molecule is Cc1nn(CCC(=O)NCC(CC(C)C)C(=O)O)c(C)c1[N+](=O)[O-]. The molecule has 0 saturated carbocycles. The van der Waals surface area contributed by atoms with Crippen LogP contribution >= 0.6 is 0 Å². The molecule has 1 atom stereocenters. The van der Waals surface area contributed by atoms with Crippen molar-refractivity contribution >= 4 is 17.6 Å². The number of carboxylic acids is 1. The van der Waals surface area contributed by atoms with E-state index in [4.69, 9.17) is 5.11 Å². The van der Waals surface area contributed by atoms with Crippen LogP contribution in [0.1, 0.15) is 38.1 Å². The number of carboxylic acid groups (broad SMARTS) is 1. The number of nitrogens with one attached hydrogen (secondary N) is 1. The number of rotatable bonds is 9. The fourth-order valence-electron chi connectivity index (χ4n) is 2.54. The van der Waals surface area contributed by atoms with E-state index in [0.29, 0.717) is 17.8 Å². The Balaban J connectivity index is 2.56.